The van der Waals surface area contributed by atoms with Crippen molar-refractivity contribution in [1.82, 2.24) is 9.88 Å². The summed E-state index contributed by atoms with van der Waals surface area (Å²) in [5, 5.41) is 0.900. The van der Waals surface area contributed by atoms with Crippen molar-refractivity contribution < 1.29 is 14.3 Å². The molecule has 34 heavy (non-hydrogen) atoms. The van der Waals surface area contributed by atoms with Crippen molar-refractivity contribution >= 4 is 22.7 Å². The van der Waals surface area contributed by atoms with Gasteiger partial charge in [-0.15, -0.1) is 0 Å². The third kappa shape index (κ3) is 5.64. The van der Waals surface area contributed by atoms with E-state index in [1.165, 1.54) is 4.90 Å². The monoisotopic (exact) mass is 455 g/mol. The number of H-pyrrole nitrogens is 1. The molecule has 0 saturated carbocycles. The molecule has 0 spiro atoms. The van der Waals surface area contributed by atoms with E-state index in [1.54, 1.807) is 6.07 Å². The highest BCUT2D eigenvalue weighted by Gasteiger charge is 2.20. The van der Waals surface area contributed by atoms with Crippen molar-refractivity contribution in [3.63, 3.8) is 0 Å². The van der Waals surface area contributed by atoms with Gasteiger partial charge in [-0.2, -0.15) is 0 Å². The summed E-state index contributed by atoms with van der Waals surface area (Å²) in [5.74, 6) is -0.0816. The Hall–Kier alpha value is -4.06. The second-order valence-corrected chi connectivity index (χ2v) is 8.32. The Morgan fingerprint density at radius 3 is 2.38 bits per heavy atom. The van der Waals surface area contributed by atoms with Crippen molar-refractivity contribution in [3.05, 3.63) is 90.1 Å². The smallest absolute Gasteiger partial charge is 0.271 e. The quantitative estimate of drug-likeness (QED) is 0.325. The zero-order valence-electron chi connectivity index (χ0n) is 19.3. The molecule has 0 unspecified atom stereocenters. The minimum atomic E-state index is -0.558. The second-order valence-electron chi connectivity index (χ2n) is 8.32. The maximum atomic E-state index is 13.3. The summed E-state index contributed by atoms with van der Waals surface area (Å²) in [6, 6.07) is 25.5. The number of nitrogens with one attached hydrogen (secondary N) is 1. The van der Waals surface area contributed by atoms with Crippen LogP contribution in [0.3, 0.4) is 0 Å². The SMILES string of the molecule is CCCCOc1ccc2cc(C(=O)N(CC(N)=O)Cc3ccc(-c4ccccc4)cc3)[nH]c2c1. The fraction of sp³-hybridized carbons (Fsp3) is 0.214. The summed E-state index contributed by atoms with van der Waals surface area (Å²) in [6.07, 6.45) is 2.05. The number of rotatable bonds is 10. The molecule has 2 amide bonds. The van der Waals surface area contributed by atoms with Gasteiger partial charge in [0.1, 0.15) is 18.0 Å². The summed E-state index contributed by atoms with van der Waals surface area (Å²) in [4.78, 5) is 29.6. The van der Waals surface area contributed by atoms with E-state index in [4.69, 9.17) is 10.5 Å². The molecule has 4 aromatic rings. The molecule has 6 nitrogen and oxygen atoms in total. The molecule has 4 rings (SSSR count). The fourth-order valence-electron chi connectivity index (χ4n) is 3.86. The van der Waals surface area contributed by atoms with Gasteiger partial charge in [0.05, 0.1) is 6.61 Å². The first-order valence-corrected chi connectivity index (χ1v) is 11.5. The van der Waals surface area contributed by atoms with Crippen molar-refractivity contribution in [2.24, 2.45) is 5.73 Å². The average molecular weight is 456 g/mol. The fourth-order valence-corrected chi connectivity index (χ4v) is 3.86. The lowest BCUT2D eigenvalue weighted by molar-refractivity contribution is -0.118. The Morgan fingerprint density at radius 2 is 1.68 bits per heavy atom. The number of primary amides is 1. The van der Waals surface area contributed by atoms with Crippen LogP contribution in [-0.2, 0) is 11.3 Å². The largest absolute Gasteiger partial charge is 0.494 e. The van der Waals surface area contributed by atoms with E-state index in [1.807, 2.05) is 72.8 Å². The van der Waals surface area contributed by atoms with Gasteiger partial charge in [-0.3, -0.25) is 9.59 Å². The Bertz CT molecular complexity index is 1260. The van der Waals surface area contributed by atoms with Gasteiger partial charge >= 0.3 is 0 Å². The number of aromatic amines is 1. The van der Waals surface area contributed by atoms with Gasteiger partial charge in [-0.05, 0) is 41.3 Å². The highest BCUT2D eigenvalue weighted by atomic mass is 16.5. The Balaban J connectivity index is 1.52. The van der Waals surface area contributed by atoms with Gasteiger partial charge in [0.15, 0.2) is 0 Å². The first-order valence-electron chi connectivity index (χ1n) is 11.5. The Labute approximate surface area is 199 Å². The summed E-state index contributed by atoms with van der Waals surface area (Å²) < 4.78 is 5.77. The molecule has 0 bridgehead atoms. The number of carbonyl (C=O) groups excluding carboxylic acids is 2. The van der Waals surface area contributed by atoms with Gasteiger partial charge in [0, 0.05) is 23.5 Å². The lowest BCUT2D eigenvalue weighted by atomic mass is 10.0. The molecular weight excluding hydrogens is 426 g/mol. The third-order valence-corrected chi connectivity index (χ3v) is 5.66. The van der Waals surface area contributed by atoms with Crippen LogP contribution in [-0.4, -0.2) is 34.8 Å². The van der Waals surface area contributed by atoms with Crippen LogP contribution in [0.1, 0.15) is 35.8 Å². The lowest BCUT2D eigenvalue weighted by Gasteiger charge is -2.21. The number of ether oxygens (including phenoxy) is 1. The molecule has 0 fully saturated rings. The number of aromatic nitrogens is 1. The van der Waals surface area contributed by atoms with E-state index in [0.717, 1.165) is 46.2 Å². The van der Waals surface area contributed by atoms with Crippen LogP contribution in [0.15, 0.2) is 78.9 Å². The summed E-state index contributed by atoms with van der Waals surface area (Å²) in [6.45, 7) is 2.88. The highest BCUT2D eigenvalue weighted by Crippen LogP contribution is 2.24. The van der Waals surface area contributed by atoms with E-state index >= 15 is 0 Å². The molecule has 3 N–H and O–H groups in total. The summed E-state index contributed by atoms with van der Waals surface area (Å²) in [5.41, 5.74) is 9.79. The Kier molecular flexibility index (Phi) is 7.28. The average Bonchev–Trinajstić information content (AvgIpc) is 3.27. The number of hydrogen-bond acceptors (Lipinski definition) is 3. The molecular formula is C28H29N3O3. The van der Waals surface area contributed by atoms with Crippen LogP contribution in [0, 0.1) is 0 Å². The topological polar surface area (TPSA) is 88.4 Å². The molecule has 3 aromatic carbocycles. The van der Waals surface area contributed by atoms with Gasteiger partial charge in [0.2, 0.25) is 5.91 Å². The number of fused-ring (bicyclic) bond motifs is 1. The van der Waals surface area contributed by atoms with Crippen molar-refractivity contribution in [1.29, 1.82) is 0 Å². The number of unbranched alkanes of at least 4 members (excludes halogenated alkanes) is 1. The van der Waals surface area contributed by atoms with E-state index in [9.17, 15) is 9.59 Å². The van der Waals surface area contributed by atoms with Crippen LogP contribution in [0.4, 0.5) is 0 Å². The molecule has 0 aliphatic carbocycles. The number of nitrogens with zero attached hydrogens (tertiary/aromatic N) is 1. The standard InChI is InChI=1S/C28H29N3O3/c1-2-3-15-34-24-14-13-23-16-26(30-25(23)17-24)28(33)31(19-27(29)32)18-20-9-11-22(12-10-20)21-7-5-4-6-8-21/h4-14,16-17,30H,2-3,15,18-19H2,1H3,(H2,29,32). The maximum Gasteiger partial charge on any atom is 0.271 e. The highest BCUT2D eigenvalue weighted by molar-refractivity contribution is 5.99. The van der Waals surface area contributed by atoms with E-state index < -0.39 is 5.91 Å². The summed E-state index contributed by atoms with van der Waals surface area (Å²) in [7, 11) is 0. The van der Waals surface area contributed by atoms with Crippen molar-refractivity contribution in [2.75, 3.05) is 13.2 Å². The molecule has 0 aliphatic rings. The van der Waals surface area contributed by atoms with E-state index in [0.29, 0.717) is 12.3 Å². The number of carbonyl (C=O) groups is 2. The van der Waals surface area contributed by atoms with Crippen LogP contribution >= 0.6 is 0 Å². The molecule has 1 aromatic heterocycles. The predicted molar refractivity (Wildman–Crippen MR) is 135 cm³/mol. The van der Waals surface area contributed by atoms with Gasteiger partial charge in [0.25, 0.3) is 5.91 Å². The molecule has 0 saturated heterocycles. The van der Waals surface area contributed by atoms with Gasteiger partial charge in [-0.1, -0.05) is 67.9 Å². The minimum Gasteiger partial charge on any atom is -0.494 e. The third-order valence-electron chi connectivity index (χ3n) is 5.66. The zero-order valence-corrected chi connectivity index (χ0v) is 19.3. The number of hydrogen-bond donors (Lipinski definition) is 2. The van der Waals surface area contributed by atoms with E-state index in [2.05, 4.69) is 11.9 Å². The van der Waals surface area contributed by atoms with Gasteiger partial charge < -0.3 is 20.4 Å². The predicted octanol–water partition coefficient (Wildman–Crippen LogP) is 5.14. The summed E-state index contributed by atoms with van der Waals surface area (Å²) >= 11 is 0. The second kappa shape index (κ2) is 10.7. The zero-order chi connectivity index (χ0) is 23.9. The molecule has 0 radical (unpaired) electrons. The normalized spacial score (nSPS) is 10.9. The van der Waals surface area contributed by atoms with Crippen LogP contribution in [0.5, 0.6) is 5.75 Å². The van der Waals surface area contributed by atoms with Crippen molar-refractivity contribution in [3.8, 4) is 16.9 Å². The minimum absolute atomic E-state index is 0.167. The first kappa shape index (κ1) is 23.1. The first-order chi connectivity index (χ1) is 16.5. The molecule has 0 atom stereocenters. The maximum absolute atomic E-state index is 13.3. The number of amides is 2. The molecule has 6 heteroatoms. The lowest BCUT2D eigenvalue weighted by Crippen LogP contribution is -2.38. The van der Waals surface area contributed by atoms with Crippen LogP contribution in [0.25, 0.3) is 22.0 Å². The molecule has 174 valence electrons. The molecule has 0 aliphatic heterocycles. The van der Waals surface area contributed by atoms with Crippen LogP contribution in [0.2, 0.25) is 0 Å². The van der Waals surface area contributed by atoms with Gasteiger partial charge in [-0.25, -0.2) is 0 Å². The van der Waals surface area contributed by atoms with E-state index in [-0.39, 0.29) is 19.0 Å². The number of benzene rings is 3. The number of nitrogens with two attached hydrogens (primary N) is 1. The van der Waals surface area contributed by atoms with Crippen molar-refractivity contribution in [2.45, 2.75) is 26.3 Å². The van der Waals surface area contributed by atoms with Crippen LogP contribution < -0.4 is 10.5 Å². The Morgan fingerprint density at radius 1 is 0.941 bits per heavy atom. The molecule has 1 heterocycles.